The second kappa shape index (κ2) is 6.00. The summed E-state index contributed by atoms with van der Waals surface area (Å²) in [5.41, 5.74) is 2.97. The van der Waals surface area contributed by atoms with E-state index in [2.05, 4.69) is 10.3 Å². The Kier molecular flexibility index (Phi) is 3.89. The zero-order chi connectivity index (χ0) is 16.4. The summed E-state index contributed by atoms with van der Waals surface area (Å²) in [5, 5.41) is 12.2. The molecule has 1 aromatic heterocycles. The van der Waals surface area contributed by atoms with Gasteiger partial charge < -0.3 is 19.6 Å². The minimum Gasteiger partial charge on any atom is -0.497 e. The predicted octanol–water partition coefficient (Wildman–Crippen LogP) is 3.84. The third-order valence-corrected chi connectivity index (χ3v) is 3.54. The van der Waals surface area contributed by atoms with Crippen LogP contribution in [0.2, 0.25) is 0 Å². The Hall–Kier alpha value is -3.02. The number of rotatable bonds is 5. The van der Waals surface area contributed by atoms with Gasteiger partial charge in [0, 0.05) is 5.69 Å². The number of carboxylic acids is 1. The van der Waals surface area contributed by atoms with Crippen LogP contribution in [0, 0.1) is 0 Å². The number of carbonyl (C=O) groups is 1. The highest BCUT2D eigenvalue weighted by Gasteiger charge is 2.14. The van der Waals surface area contributed by atoms with E-state index in [1.807, 2.05) is 31.2 Å². The molecule has 3 aromatic rings. The van der Waals surface area contributed by atoms with E-state index in [0.29, 0.717) is 23.5 Å². The maximum absolute atomic E-state index is 11.2. The maximum Gasteiger partial charge on any atom is 0.335 e. The van der Waals surface area contributed by atoms with Crippen molar-refractivity contribution in [2.75, 3.05) is 12.4 Å². The molecular weight excluding hydrogens is 296 g/mol. The quantitative estimate of drug-likeness (QED) is 0.744. The number of methoxy groups -OCH3 is 1. The highest BCUT2D eigenvalue weighted by molar-refractivity contribution is 5.93. The van der Waals surface area contributed by atoms with E-state index in [1.54, 1.807) is 13.2 Å². The third-order valence-electron chi connectivity index (χ3n) is 3.54. The molecule has 2 aromatic carbocycles. The minimum absolute atomic E-state index is 0.196. The van der Waals surface area contributed by atoms with Crippen molar-refractivity contribution in [2.24, 2.45) is 0 Å². The van der Waals surface area contributed by atoms with E-state index in [1.165, 1.54) is 6.07 Å². The van der Waals surface area contributed by atoms with Crippen LogP contribution in [-0.4, -0.2) is 23.2 Å². The van der Waals surface area contributed by atoms with Crippen molar-refractivity contribution in [2.45, 2.75) is 13.3 Å². The molecule has 1 heterocycles. The molecule has 0 fully saturated rings. The monoisotopic (exact) mass is 312 g/mol. The van der Waals surface area contributed by atoms with Crippen molar-refractivity contribution in [3.63, 3.8) is 0 Å². The molecule has 23 heavy (non-hydrogen) atoms. The van der Waals surface area contributed by atoms with Crippen LogP contribution in [0.5, 0.6) is 5.75 Å². The van der Waals surface area contributed by atoms with Gasteiger partial charge in [-0.15, -0.1) is 0 Å². The lowest BCUT2D eigenvalue weighted by Crippen LogP contribution is -1.97. The van der Waals surface area contributed by atoms with E-state index in [4.69, 9.17) is 14.3 Å². The van der Waals surface area contributed by atoms with Crippen molar-refractivity contribution in [1.29, 1.82) is 0 Å². The molecule has 0 unspecified atom stereocenters. The predicted molar refractivity (Wildman–Crippen MR) is 86.6 cm³/mol. The van der Waals surface area contributed by atoms with Crippen molar-refractivity contribution in [1.82, 2.24) is 4.98 Å². The molecule has 0 bridgehead atoms. The summed E-state index contributed by atoms with van der Waals surface area (Å²) in [6.07, 6.45) is 0.673. The van der Waals surface area contributed by atoms with Gasteiger partial charge in [0.05, 0.1) is 12.7 Å². The molecule has 0 saturated carbocycles. The van der Waals surface area contributed by atoms with Gasteiger partial charge in [-0.1, -0.05) is 6.92 Å². The zero-order valence-electron chi connectivity index (χ0n) is 12.8. The summed E-state index contributed by atoms with van der Waals surface area (Å²) >= 11 is 0. The van der Waals surface area contributed by atoms with E-state index in [0.717, 1.165) is 17.0 Å². The lowest BCUT2D eigenvalue weighted by atomic mass is 10.1. The number of hydrogen-bond acceptors (Lipinski definition) is 5. The lowest BCUT2D eigenvalue weighted by molar-refractivity contribution is 0.0697. The fourth-order valence-corrected chi connectivity index (χ4v) is 2.34. The van der Waals surface area contributed by atoms with Gasteiger partial charge >= 0.3 is 5.97 Å². The second-order valence-electron chi connectivity index (χ2n) is 5.01. The topological polar surface area (TPSA) is 84.6 Å². The first kappa shape index (κ1) is 14.9. The molecule has 0 atom stereocenters. The Balaban J connectivity index is 1.96. The standard InChI is InChI=1S/C17H16N2O4/c1-3-10-8-11(16(20)21)9-14-15(10)19-17(23-14)18-12-4-6-13(22-2)7-5-12/h4-9H,3H2,1-2H3,(H,18,19)(H,20,21). The van der Waals surface area contributed by atoms with Crippen LogP contribution in [0.15, 0.2) is 40.8 Å². The number of nitrogens with one attached hydrogen (secondary N) is 1. The largest absolute Gasteiger partial charge is 0.497 e. The number of aromatic nitrogens is 1. The first-order valence-corrected chi connectivity index (χ1v) is 7.18. The van der Waals surface area contributed by atoms with Crippen LogP contribution in [-0.2, 0) is 6.42 Å². The minimum atomic E-state index is -0.984. The number of aromatic carboxylic acids is 1. The molecule has 6 nitrogen and oxygen atoms in total. The number of oxazole rings is 1. The highest BCUT2D eigenvalue weighted by Crippen LogP contribution is 2.27. The van der Waals surface area contributed by atoms with Gasteiger partial charge in [0.2, 0.25) is 0 Å². The summed E-state index contributed by atoms with van der Waals surface area (Å²) in [6.45, 7) is 1.95. The van der Waals surface area contributed by atoms with Gasteiger partial charge in [0.25, 0.3) is 6.01 Å². The van der Waals surface area contributed by atoms with Crippen LogP contribution in [0.4, 0.5) is 11.7 Å². The van der Waals surface area contributed by atoms with Crippen LogP contribution in [0.25, 0.3) is 11.1 Å². The average Bonchev–Trinajstić information content (AvgIpc) is 2.96. The van der Waals surface area contributed by atoms with Gasteiger partial charge in [-0.3, -0.25) is 0 Å². The van der Waals surface area contributed by atoms with E-state index < -0.39 is 5.97 Å². The highest BCUT2D eigenvalue weighted by atomic mass is 16.5. The average molecular weight is 312 g/mol. The lowest BCUT2D eigenvalue weighted by Gasteiger charge is -2.02. The molecule has 0 saturated heterocycles. The smallest absolute Gasteiger partial charge is 0.335 e. The molecule has 118 valence electrons. The fraction of sp³-hybridized carbons (Fsp3) is 0.176. The van der Waals surface area contributed by atoms with E-state index >= 15 is 0 Å². The van der Waals surface area contributed by atoms with Gasteiger partial charge in [-0.05, 0) is 48.4 Å². The summed E-state index contributed by atoms with van der Waals surface area (Å²) in [6, 6.07) is 10.8. The van der Waals surface area contributed by atoms with Gasteiger partial charge in [-0.25, -0.2) is 4.79 Å². The Labute approximate surface area is 132 Å². The number of ether oxygens (including phenoxy) is 1. The SMILES string of the molecule is CCc1cc(C(=O)O)cc2oc(Nc3ccc(OC)cc3)nc12. The first-order valence-electron chi connectivity index (χ1n) is 7.18. The summed E-state index contributed by atoms with van der Waals surface area (Å²) in [7, 11) is 1.61. The molecule has 0 amide bonds. The Morgan fingerprint density at radius 3 is 2.65 bits per heavy atom. The first-order chi connectivity index (χ1) is 11.1. The summed E-state index contributed by atoms with van der Waals surface area (Å²) in [5.74, 6) is -0.227. The molecule has 0 spiro atoms. The van der Waals surface area contributed by atoms with Crippen molar-refractivity contribution >= 4 is 28.8 Å². The van der Waals surface area contributed by atoms with Crippen molar-refractivity contribution in [3.05, 3.63) is 47.5 Å². The number of anilines is 2. The molecule has 6 heteroatoms. The third kappa shape index (κ3) is 2.96. The van der Waals surface area contributed by atoms with E-state index in [9.17, 15) is 4.79 Å². The number of fused-ring (bicyclic) bond motifs is 1. The van der Waals surface area contributed by atoms with Crippen LogP contribution >= 0.6 is 0 Å². The molecule has 0 aliphatic heterocycles. The summed E-state index contributed by atoms with van der Waals surface area (Å²) < 4.78 is 10.8. The van der Waals surface area contributed by atoms with Crippen molar-refractivity contribution in [3.8, 4) is 5.75 Å². The fourth-order valence-electron chi connectivity index (χ4n) is 2.34. The number of benzene rings is 2. The molecule has 0 aliphatic rings. The van der Waals surface area contributed by atoms with Crippen LogP contribution < -0.4 is 10.1 Å². The molecule has 3 rings (SSSR count). The normalized spacial score (nSPS) is 10.7. The number of nitrogens with zero attached hydrogens (tertiary/aromatic N) is 1. The van der Waals surface area contributed by atoms with Gasteiger partial charge in [-0.2, -0.15) is 4.98 Å². The van der Waals surface area contributed by atoms with Gasteiger partial charge in [0.15, 0.2) is 5.58 Å². The molecule has 0 radical (unpaired) electrons. The number of carboxylic acid groups (broad SMARTS) is 1. The number of hydrogen-bond donors (Lipinski definition) is 2. The Bertz CT molecular complexity index is 853. The number of aryl methyl sites for hydroxylation is 1. The Morgan fingerprint density at radius 1 is 1.30 bits per heavy atom. The van der Waals surface area contributed by atoms with Crippen LogP contribution in [0.3, 0.4) is 0 Å². The zero-order valence-corrected chi connectivity index (χ0v) is 12.8. The molecular formula is C17H16N2O4. The summed E-state index contributed by atoms with van der Waals surface area (Å²) in [4.78, 5) is 15.6. The van der Waals surface area contributed by atoms with Crippen LogP contribution in [0.1, 0.15) is 22.8 Å². The van der Waals surface area contributed by atoms with E-state index in [-0.39, 0.29) is 5.56 Å². The second-order valence-corrected chi connectivity index (χ2v) is 5.01. The Morgan fingerprint density at radius 2 is 2.04 bits per heavy atom. The molecule has 2 N–H and O–H groups in total. The van der Waals surface area contributed by atoms with Crippen molar-refractivity contribution < 1.29 is 19.1 Å². The maximum atomic E-state index is 11.2. The van der Waals surface area contributed by atoms with Gasteiger partial charge in [0.1, 0.15) is 11.3 Å². The molecule has 0 aliphatic carbocycles.